The lowest BCUT2D eigenvalue weighted by Gasteiger charge is -2.09. The summed E-state index contributed by atoms with van der Waals surface area (Å²) >= 11 is 0. The van der Waals surface area contributed by atoms with E-state index in [1.165, 1.54) is 0 Å². The lowest BCUT2D eigenvalue weighted by Crippen LogP contribution is -2.03. The Kier molecular flexibility index (Phi) is 3.01. The van der Waals surface area contributed by atoms with Gasteiger partial charge in [-0.3, -0.25) is 4.57 Å². The molecule has 2 aromatic heterocycles. The zero-order chi connectivity index (χ0) is 11.5. The van der Waals surface area contributed by atoms with Crippen molar-refractivity contribution in [1.29, 1.82) is 0 Å². The van der Waals surface area contributed by atoms with Crippen molar-refractivity contribution in [2.45, 2.75) is 26.4 Å². The summed E-state index contributed by atoms with van der Waals surface area (Å²) in [5.74, 6) is 1.77. The topological polar surface area (TPSA) is 50.9 Å². The molecule has 0 amide bonds. The van der Waals surface area contributed by atoms with Crippen LogP contribution in [0.1, 0.15) is 31.3 Å². The standard InChI is InChI=1S/C12H15N3O/c1-3-11-14-6-7-15(11)12-8-10(9(2)16)4-5-13-12/h4-9,16H,3H2,1-2H3/t9-/m0/s1. The number of imidazole rings is 1. The molecule has 1 atom stereocenters. The van der Waals surface area contributed by atoms with Gasteiger partial charge in [-0.25, -0.2) is 9.97 Å². The zero-order valence-electron chi connectivity index (χ0n) is 9.46. The van der Waals surface area contributed by atoms with E-state index in [-0.39, 0.29) is 0 Å². The Bertz CT molecular complexity index is 477. The molecular weight excluding hydrogens is 202 g/mol. The monoisotopic (exact) mass is 217 g/mol. The quantitative estimate of drug-likeness (QED) is 0.854. The molecule has 2 heterocycles. The number of aromatic nitrogens is 3. The second-order valence-electron chi connectivity index (χ2n) is 3.69. The maximum atomic E-state index is 9.52. The number of aryl methyl sites for hydroxylation is 1. The molecule has 0 saturated heterocycles. The highest BCUT2D eigenvalue weighted by molar-refractivity contribution is 5.30. The molecule has 0 unspecified atom stereocenters. The van der Waals surface area contributed by atoms with E-state index in [1.54, 1.807) is 19.3 Å². The van der Waals surface area contributed by atoms with Crippen LogP contribution in [-0.2, 0) is 6.42 Å². The Morgan fingerprint density at radius 2 is 2.19 bits per heavy atom. The number of aliphatic hydroxyl groups excluding tert-OH is 1. The van der Waals surface area contributed by atoms with Crippen LogP contribution in [-0.4, -0.2) is 19.6 Å². The van der Waals surface area contributed by atoms with Crippen molar-refractivity contribution < 1.29 is 5.11 Å². The molecular formula is C12H15N3O. The normalized spacial score (nSPS) is 12.7. The van der Waals surface area contributed by atoms with E-state index in [2.05, 4.69) is 16.9 Å². The molecule has 1 N–H and O–H groups in total. The lowest BCUT2D eigenvalue weighted by atomic mass is 10.2. The molecule has 84 valence electrons. The first kappa shape index (κ1) is 10.8. The fourth-order valence-electron chi connectivity index (χ4n) is 1.63. The predicted octanol–water partition coefficient (Wildman–Crippen LogP) is 1.88. The summed E-state index contributed by atoms with van der Waals surface area (Å²) in [6.07, 6.45) is 5.72. The van der Waals surface area contributed by atoms with Crippen molar-refractivity contribution >= 4 is 0 Å². The minimum atomic E-state index is -0.477. The van der Waals surface area contributed by atoms with Gasteiger partial charge in [0.2, 0.25) is 0 Å². The van der Waals surface area contributed by atoms with Crippen molar-refractivity contribution in [2.24, 2.45) is 0 Å². The fraction of sp³-hybridized carbons (Fsp3) is 0.333. The van der Waals surface area contributed by atoms with E-state index >= 15 is 0 Å². The minimum Gasteiger partial charge on any atom is -0.389 e. The van der Waals surface area contributed by atoms with E-state index in [0.29, 0.717) is 0 Å². The van der Waals surface area contributed by atoms with Crippen molar-refractivity contribution in [2.75, 3.05) is 0 Å². The van der Waals surface area contributed by atoms with Gasteiger partial charge in [-0.1, -0.05) is 6.92 Å². The van der Waals surface area contributed by atoms with Crippen molar-refractivity contribution in [3.05, 3.63) is 42.1 Å². The summed E-state index contributed by atoms with van der Waals surface area (Å²) in [4.78, 5) is 8.53. The van der Waals surface area contributed by atoms with Crippen LogP contribution in [0.4, 0.5) is 0 Å². The third kappa shape index (κ3) is 1.97. The second kappa shape index (κ2) is 4.45. The fourth-order valence-corrected chi connectivity index (χ4v) is 1.63. The van der Waals surface area contributed by atoms with Gasteiger partial charge in [0.05, 0.1) is 6.10 Å². The van der Waals surface area contributed by atoms with Crippen LogP contribution in [0.2, 0.25) is 0 Å². The molecule has 0 saturated carbocycles. The van der Waals surface area contributed by atoms with Gasteiger partial charge in [0.15, 0.2) is 0 Å². The van der Waals surface area contributed by atoms with Gasteiger partial charge in [-0.05, 0) is 24.6 Å². The molecule has 4 heteroatoms. The number of hydrogen-bond acceptors (Lipinski definition) is 3. The third-order valence-corrected chi connectivity index (χ3v) is 2.53. The van der Waals surface area contributed by atoms with Gasteiger partial charge in [0.1, 0.15) is 11.6 Å². The van der Waals surface area contributed by atoms with Crippen LogP contribution in [0.15, 0.2) is 30.7 Å². The summed E-state index contributed by atoms with van der Waals surface area (Å²) in [5.41, 5.74) is 0.862. The van der Waals surface area contributed by atoms with Crippen molar-refractivity contribution in [3.8, 4) is 5.82 Å². The van der Waals surface area contributed by atoms with Crippen molar-refractivity contribution in [1.82, 2.24) is 14.5 Å². The van der Waals surface area contributed by atoms with Crippen LogP contribution < -0.4 is 0 Å². The average Bonchev–Trinajstić information content (AvgIpc) is 2.77. The number of nitrogens with zero attached hydrogens (tertiary/aromatic N) is 3. The first-order valence-corrected chi connectivity index (χ1v) is 5.39. The lowest BCUT2D eigenvalue weighted by molar-refractivity contribution is 0.199. The molecule has 0 aliphatic rings. The molecule has 0 aliphatic carbocycles. The van der Waals surface area contributed by atoms with E-state index in [0.717, 1.165) is 23.6 Å². The van der Waals surface area contributed by atoms with E-state index in [9.17, 15) is 5.11 Å². The molecule has 0 aliphatic heterocycles. The smallest absolute Gasteiger partial charge is 0.138 e. The number of pyridine rings is 1. The summed E-state index contributed by atoms with van der Waals surface area (Å²) in [7, 11) is 0. The molecule has 0 spiro atoms. The largest absolute Gasteiger partial charge is 0.389 e. The highest BCUT2D eigenvalue weighted by Gasteiger charge is 2.06. The third-order valence-electron chi connectivity index (χ3n) is 2.53. The molecule has 2 aromatic rings. The summed E-state index contributed by atoms with van der Waals surface area (Å²) in [6, 6.07) is 3.70. The van der Waals surface area contributed by atoms with Crippen LogP contribution in [0.25, 0.3) is 5.82 Å². The predicted molar refractivity (Wildman–Crippen MR) is 61.4 cm³/mol. The van der Waals surface area contributed by atoms with Gasteiger partial charge in [-0.15, -0.1) is 0 Å². The summed E-state index contributed by atoms with van der Waals surface area (Å²) in [6.45, 7) is 3.80. The molecule has 0 fully saturated rings. The number of aliphatic hydroxyl groups is 1. The Morgan fingerprint density at radius 3 is 2.88 bits per heavy atom. The highest BCUT2D eigenvalue weighted by atomic mass is 16.3. The maximum absolute atomic E-state index is 9.52. The second-order valence-corrected chi connectivity index (χ2v) is 3.69. The maximum Gasteiger partial charge on any atom is 0.138 e. The van der Waals surface area contributed by atoms with Crippen molar-refractivity contribution in [3.63, 3.8) is 0 Å². The number of rotatable bonds is 3. The zero-order valence-corrected chi connectivity index (χ0v) is 9.46. The van der Waals surface area contributed by atoms with Gasteiger partial charge in [-0.2, -0.15) is 0 Å². The van der Waals surface area contributed by atoms with E-state index in [1.807, 2.05) is 22.9 Å². The van der Waals surface area contributed by atoms with Crippen LogP contribution >= 0.6 is 0 Å². The SMILES string of the molecule is CCc1nccn1-c1cc([C@H](C)O)ccn1. The Labute approximate surface area is 94.6 Å². The highest BCUT2D eigenvalue weighted by Crippen LogP contribution is 2.15. The summed E-state index contributed by atoms with van der Waals surface area (Å²) < 4.78 is 1.94. The molecule has 2 rings (SSSR count). The van der Waals surface area contributed by atoms with E-state index < -0.39 is 6.10 Å². The first-order valence-electron chi connectivity index (χ1n) is 5.39. The average molecular weight is 217 g/mol. The molecule has 4 nitrogen and oxygen atoms in total. The molecule has 0 radical (unpaired) electrons. The molecule has 0 bridgehead atoms. The van der Waals surface area contributed by atoms with E-state index in [4.69, 9.17) is 0 Å². The Hall–Kier alpha value is -1.68. The van der Waals surface area contributed by atoms with Crippen LogP contribution in [0, 0.1) is 0 Å². The van der Waals surface area contributed by atoms with Gasteiger partial charge in [0.25, 0.3) is 0 Å². The first-order chi connectivity index (χ1) is 7.72. The molecule has 0 aromatic carbocycles. The minimum absolute atomic E-state index is 0.477. The van der Waals surface area contributed by atoms with Crippen LogP contribution in [0.5, 0.6) is 0 Å². The Balaban J connectivity index is 2.44. The summed E-state index contributed by atoms with van der Waals surface area (Å²) in [5, 5.41) is 9.52. The van der Waals surface area contributed by atoms with Crippen LogP contribution in [0.3, 0.4) is 0 Å². The van der Waals surface area contributed by atoms with Gasteiger partial charge < -0.3 is 5.11 Å². The van der Waals surface area contributed by atoms with Gasteiger partial charge >= 0.3 is 0 Å². The number of hydrogen-bond donors (Lipinski definition) is 1. The van der Waals surface area contributed by atoms with Gasteiger partial charge in [0, 0.05) is 25.0 Å². The Morgan fingerprint density at radius 1 is 1.38 bits per heavy atom. The molecule has 16 heavy (non-hydrogen) atoms.